The number of aromatic nitrogens is 3. The first-order chi connectivity index (χ1) is 10.2. The van der Waals surface area contributed by atoms with Gasteiger partial charge in [0.2, 0.25) is 5.82 Å². The molecule has 0 saturated carbocycles. The molecule has 0 fully saturated rings. The van der Waals surface area contributed by atoms with Crippen molar-refractivity contribution in [1.29, 1.82) is 0 Å². The summed E-state index contributed by atoms with van der Waals surface area (Å²) < 4.78 is 5.32. The second-order valence-corrected chi connectivity index (χ2v) is 4.98. The SMILES string of the molecule is CCc1cnccc1-c1noc(-c2cc(Cl)ccc2N)n1. The Morgan fingerprint density at radius 2 is 2.10 bits per heavy atom. The average Bonchev–Trinajstić information content (AvgIpc) is 2.99. The van der Waals surface area contributed by atoms with Gasteiger partial charge in [0.1, 0.15) is 0 Å². The molecule has 2 N–H and O–H groups in total. The molecule has 21 heavy (non-hydrogen) atoms. The first kappa shape index (κ1) is 13.6. The van der Waals surface area contributed by atoms with Crippen LogP contribution in [0.4, 0.5) is 5.69 Å². The van der Waals surface area contributed by atoms with Crippen molar-refractivity contribution < 1.29 is 4.52 Å². The van der Waals surface area contributed by atoms with Gasteiger partial charge in [0.25, 0.3) is 5.89 Å². The molecular weight excluding hydrogens is 288 g/mol. The molecule has 0 atom stereocenters. The van der Waals surface area contributed by atoms with Crippen LogP contribution in [-0.4, -0.2) is 15.1 Å². The van der Waals surface area contributed by atoms with E-state index in [1.807, 2.05) is 6.07 Å². The van der Waals surface area contributed by atoms with Gasteiger partial charge in [0.05, 0.1) is 5.56 Å². The molecule has 0 aliphatic carbocycles. The van der Waals surface area contributed by atoms with Crippen molar-refractivity contribution in [2.75, 3.05) is 5.73 Å². The summed E-state index contributed by atoms with van der Waals surface area (Å²) in [6, 6.07) is 7.01. The number of nitrogens with two attached hydrogens (primary N) is 1. The van der Waals surface area contributed by atoms with Crippen LogP contribution in [-0.2, 0) is 6.42 Å². The fraction of sp³-hybridized carbons (Fsp3) is 0.133. The number of aryl methyl sites for hydroxylation is 1. The quantitative estimate of drug-likeness (QED) is 0.748. The van der Waals surface area contributed by atoms with E-state index in [2.05, 4.69) is 22.0 Å². The number of hydrogen-bond acceptors (Lipinski definition) is 5. The highest BCUT2D eigenvalue weighted by Crippen LogP contribution is 2.30. The number of nitrogens with zero attached hydrogens (tertiary/aromatic N) is 3. The Morgan fingerprint density at radius 1 is 1.24 bits per heavy atom. The number of rotatable bonds is 3. The zero-order valence-corrected chi connectivity index (χ0v) is 12.1. The summed E-state index contributed by atoms with van der Waals surface area (Å²) in [4.78, 5) is 8.53. The van der Waals surface area contributed by atoms with Crippen molar-refractivity contribution in [3.05, 3.63) is 47.2 Å². The van der Waals surface area contributed by atoms with E-state index < -0.39 is 0 Å². The van der Waals surface area contributed by atoms with E-state index >= 15 is 0 Å². The molecule has 0 aliphatic rings. The minimum atomic E-state index is 0.351. The topological polar surface area (TPSA) is 77.8 Å². The zero-order valence-electron chi connectivity index (χ0n) is 11.4. The molecular formula is C15H13ClN4O. The van der Waals surface area contributed by atoms with Crippen molar-refractivity contribution in [2.24, 2.45) is 0 Å². The Labute approximate surface area is 126 Å². The number of halogens is 1. The van der Waals surface area contributed by atoms with Gasteiger partial charge in [-0.2, -0.15) is 4.98 Å². The van der Waals surface area contributed by atoms with Crippen LogP contribution in [0.5, 0.6) is 0 Å². The Morgan fingerprint density at radius 3 is 2.90 bits per heavy atom. The third-order valence-electron chi connectivity index (χ3n) is 3.20. The van der Waals surface area contributed by atoms with E-state index in [1.54, 1.807) is 30.6 Å². The molecule has 0 amide bonds. The fourth-order valence-corrected chi connectivity index (χ4v) is 2.26. The summed E-state index contributed by atoms with van der Waals surface area (Å²) in [6.45, 7) is 2.05. The number of anilines is 1. The van der Waals surface area contributed by atoms with Crippen molar-refractivity contribution in [1.82, 2.24) is 15.1 Å². The van der Waals surface area contributed by atoms with Crippen LogP contribution in [0.15, 0.2) is 41.2 Å². The Hall–Kier alpha value is -2.40. The van der Waals surface area contributed by atoms with Crippen molar-refractivity contribution in [3.8, 4) is 22.8 Å². The first-order valence-corrected chi connectivity index (χ1v) is 6.89. The van der Waals surface area contributed by atoms with Gasteiger partial charge >= 0.3 is 0 Å². The van der Waals surface area contributed by atoms with Crippen LogP contribution in [0.3, 0.4) is 0 Å². The molecule has 3 rings (SSSR count). The molecule has 0 aliphatic heterocycles. The first-order valence-electron chi connectivity index (χ1n) is 6.51. The molecule has 0 radical (unpaired) electrons. The van der Waals surface area contributed by atoms with E-state index in [1.165, 1.54) is 0 Å². The molecule has 0 bridgehead atoms. The third-order valence-corrected chi connectivity index (χ3v) is 3.43. The largest absolute Gasteiger partial charge is 0.398 e. The van der Waals surface area contributed by atoms with Crippen molar-refractivity contribution in [2.45, 2.75) is 13.3 Å². The maximum atomic E-state index is 5.98. The highest BCUT2D eigenvalue weighted by atomic mass is 35.5. The fourth-order valence-electron chi connectivity index (χ4n) is 2.08. The van der Waals surface area contributed by atoms with E-state index in [-0.39, 0.29) is 0 Å². The van der Waals surface area contributed by atoms with Gasteiger partial charge in [-0.1, -0.05) is 23.7 Å². The second kappa shape index (κ2) is 5.54. The van der Waals surface area contributed by atoms with Gasteiger partial charge in [0.15, 0.2) is 0 Å². The molecule has 5 nitrogen and oxygen atoms in total. The lowest BCUT2D eigenvalue weighted by Crippen LogP contribution is -1.92. The second-order valence-electron chi connectivity index (χ2n) is 4.54. The molecule has 2 heterocycles. The highest BCUT2D eigenvalue weighted by molar-refractivity contribution is 6.31. The smallest absolute Gasteiger partial charge is 0.260 e. The van der Waals surface area contributed by atoms with Crippen molar-refractivity contribution in [3.63, 3.8) is 0 Å². The van der Waals surface area contributed by atoms with E-state index in [9.17, 15) is 0 Å². The summed E-state index contributed by atoms with van der Waals surface area (Å²) in [7, 11) is 0. The zero-order chi connectivity index (χ0) is 14.8. The standard InChI is InChI=1S/C15H13ClN4O/c1-2-9-8-18-6-5-11(9)14-19-15(21-20-14)12-7-10(16)3-4-13(12)17/h3-8H,2,17H2,1H3. The molecule has 6 heteroatoms. The molecule has 1 aromatic carbocycles. The van der Waals surface area contributed by atoms with Gasteiger partial charge in [-0.25, -0.2) is 0 Å². The van der Waals surface area contributed by atoms with Gasteiger partial charge in [-0.15, -0.1) is 0 Å². The Balaban J connectivity index is 2.06. The lowest BCUT2D eigenvalue weighted by Gasteiger charge is -2.01. The molecule has 0 spiro atoms. The highest BCUT2D eigenvalue weighted by Gasteiger charge is 2.15. The van der Waals surface area contributed by atoms with E-state index in [4.69, 9.17) is 21.9 Å². The van der Waals surface area contributed by atoms with Crippen LogP contribution in [0.2, 0.25) is 5.02 Å². The Bertz CT molecular complexity index is 785. The molecule has 0 saturated heterocycles. The number of benzene rings is 1. The van der Waals surface area contributed by atoms with Crippen LogP contribution in [0.1, 0.15) is 12.5 Å². The summed E-state index contributed by atoms with van der Waals surface area (Å²) in [5.41, 5.74) is 9.07. The van der Waals surface area contributed by atoms with Crippen LogP contribution >= 0.6 is 11.6 Å². The average molecular weight is 301 g/mol. The monoisotopic (exact) mass is 300 g/mol. The maximum Gasteiger partial charge on any atom is 0.260 e. The normalized spacial score (nSPS) is 10.8. The summed E-state index contributed by atoms with van der Waals surface area (Å²) >= 11 is 5.98. The molecule has 3 aromatic rings. The minimum absolute atomic E-state index is 0.351. The number of pyridine rings is 1. The van der Waals surface area contributed by atoms with E-state index in [0.717, 1.165) is 17.5 Å². The van der Waals surface area contributed by atoms with Gasteiger partial charge in [-0.3, -0.25) is 4.98 Å². The Kier molecular flexibility index (Phi) is 3.58. The summed E-state index contributed by atoms with van der Waals surface area (Å²) in [5.74, 6) is 0.868. The predicted molar refractivity (Wildman–Crippen MR) is 81.8 cm³/mol. The minimum Gasteiger partial charge on any atom is -0.398 e. The molecule has 106 valence electrons. The van der Waals surface area contributed by atoms with Crippen LogP contribution < -0.4 is 5.73 Å². The van der Waals surface area contributed by atoms with Crippen LogP contribution in [0, 0.1) is 0 Å². The lowest BCUT2D eigenvalue weighted by atomic mass is 10.1. The van der Waals surface area contributed by atoms with Crippen molar-refractivity contribution >= 4 is 17.3 Å². The lowest BCUT2D eigenvalue weighted by molar-refractivity contribution is 0.432. The van der Waals surface area contributed by atoms with Gasteiger partial charge < -0.3 is 10.3 Å². The maximum absolute atomic E-state index is 5.98. The van der Waals surface area contributed by atoms with E-state index in [0.29, 0.717) is 28.0 Å². The number of nitrogen functional groups attached to an aromatic ring is 1. The summed E-state index contributed by atoms with van der Waals surface area (Å²) in [5, 5.41) is 4.60. The molecule has 2 aromatic heterocycles. The third kappa shape index (κ3) is 2.60. The van der Waals surface area contributed by atoms with Gasteiger partial charge in [0, 0.05) is 28.7 Å². The summed E-state index contributed by atoms with van der Waals surface area (Å²) in [6.07, 6.45) is 4.35. The van der Waals surface area contributed by atoms with Gasteiger partial charge in [-0.05, 0) is 36.2 Å². The number of hydrogen-bond donors (Lipinski definition) is 1. The molecule has 0 unspecified atom stereocenters. The van der Waals surface area contributed by atoms with Crippen LogP contribution in [0.25, 0.3) is 22.8 Å². The predicted octanol–water partition coefficient (Wildman–Crippen LogP) is 3.60.